The smallest absolute Gasteiger partial charge is 0.0158 e. The fourth-order valence-corrected chi connectivity index (χ4v) is 2.82. The maximum absolute atomic E-state index is 2.71. The minimum Gasteiger partial charge on any atom is -0.298 e. The number of nitrogens with zero attached hydrogens (tertiary/aromatic N) is 1. The van der Waals surface area contributed by atoms with Crippen molar-refractivity contribution in [2.24, 2.45) is 5.41 Å². The SMILES string of the molecule is CCCCN(CCCC)C(C)(C)CC(C)(C)C. The van der Waals surface area contributed by atoms with Gasteiger partial charge in [0.15, 0.2) is 0 Å². The highest BCUT2D eigenvalue weighted by molar-refractivity contribution is 4.86. The van der Waals surface area contributed by atoms with Crippen LogP contribution in [0.3, 0.4) is 0 Å². The molecule has 0 aromatic carbocycles. The summed E-state index contributed by atoms with van der Waals surface area (Å²) in [5, 5.41) is 0. The zero-order chi connectivity index (χ0) is 13.5. The molecule has 0 aromatic heterocycles. The molecule has 0 N–H and O–H groups in total. The van der Waals surface area contributed by atoms with Crippen LogP contribution in [0, 0.1) is 5.41 Å². The van der Waals surface area contributed by atoms with Gasteiger partial charge in [0, 0.05) is 5.54 Å². The maximum Gasteiger partial charge on any atom is 0.0158 e. The van der Waals surface area contributed by atoms with Gasteiger partial charge in [0.25, 0.3) is 0 Å². The van der Waals surface area contributed by atoms with E-state index in [4.69, 9.17) is 0 Å². The Morgan fingerprint density at radius 2 is 1.18 bits per heavy atom. The topological polar surface area (TPSA) is 3.24 Å². The summed E-state index contributed by atoms with van der Waals surface area (Å²) in [4.78, 5) is 2.71. The molecule has 0 aliphatic heterocycles. The minimum absolute atomic E-state index is 0.336. The average molecular weight is 241 g/mol. The summed E-state index contributed by atoms with van der Waals surface area (Å²) in [5.41, 5.74) is 0.753. The van der Waals surface area contributed by atoms with E-state index in [0.717, 1.165) is 0 Å². The molecule has 0 aliphatic rings. The maximum atomic E-state index is 2.71. The Labute approximate surface area is 110 Å². The van der Waals surface area contributed by atoms with Crippen LogP contribution in [-0.2, 0) is 0 Å². The standard InChI is InChI=1S/C16H35N/c1-8-10-12-17(13-11-9-2)16(6,7)14-15(3,4)5/h8-14H2,1-7H3. The van der Waals surface area contributed by atoms with Gasteiger partial charge in [-0.1, -0.05) is 47.5 Å². The summed E-state index contributed by atoms with van der Waals surface area (Å²) in [5.74, 6) is 0. The molecule has 0 aromatic rings. The van der Waals surface area contributed by atoms with Gasteiger partial charge in [0.1, 0.15) is 0 Å². The highest BCUT2D eigenvalue weighted by Gasteiger charge is 2.30. The van der Waals surface area contributed by atoms with Crippen LogP contribution >= 0.6 is 0 Å². The third-order valence-electron chi connectivity index (χ3n) is 3.38. The first-order valence-electron chi connectivity index (χ1n) is 7.48. The van der Waals surface area contributed by atoms with Gasteiger partial charge in [-0.3, -0.25) is 4.90 Å². The van der Waals surface area contributed by atoms with Crippen molar-refractivity contribution in [1.82, 2.24) is 4.90 Å². The molecule has 0 spiro atoms. The monoisotopic (exact) mass is 241 g/mol. The molecule has 0 saturated heterocycles. The van der Waals surface area contributed by atoms with Gasteiger partial charge in [-0.15, -0.1) is 0 Å². The van der Waals surface area contributed by atoms with Gasteiger partial charge in [-0.2, -0.15) is 0 Å². The van der Waals surface area contributed by atoms with Crippen molar-refractivity contribution in [2.75, 3.05) is 13.1 Å². The molecule has 0 fully saturated rings. The highest BCUT2D eigenvalue weighted by atomic mass is 15.2. The predicted octanol–water partition coefficient (Wildman–Crippen LogP) is 5.10. The van der Waals surface area contributed by atoms with Gasteiger partial charge in [0.2, 0.25) is 0 Å². The van der Waals surface area contributed by atoms with E-state index in [-0.39, 0.29) is 0 Å². The summed E-state index contributed by atoms with van der Waals surface area (Å²) in [6.45, 7) is 19.0. The molecule has 0 unspecified atom stereocenters. The molecule has 0 aliphatic carbocycles. The second kappa shape index (κ2) is 7.41. The average Bonchev–Trinajstić information content (AvgIpc) is 2.13. The van der Waals surface area contributed by atoms with Crippen LogP contribution in [0.2, 0.25) is 0 Å². The van der Waals surface area contributed by atoms with Crippen molar-refractivity contribution < 1.29 is 0 Å². The Balaban J connectivity index is 4.50. The van der Waals surface area contributed by atoms with Crippen molar-refractivity contribution >= 4 is 0 Å². The van der Waals surface area contributed by atoms with E-state index in [9.17, 15) is 0 Å². The van der Waals surface area contributed by atoms with E-state index in [2.05, 4.69) is 53.4 Å². The number of rotatable bonds is 8. The predicted molar refractivity (Wildman–Crippen MR) is 79.5 cm³/mol. The minimum atomic E-state index is 0.336. The van der Waals surface area contributed by atoms with Crippen LogP contribution < -0.4 is 0 Å². The van der Waals surface area contributed by atoms with Crippen molar-refractivity contribution in [3.63, 3.8) is 0 Å². The molecule has 0 atom stereocenters. The number of hydrogen-bond donors (Lipinski definition) is 0. The zero-order valence-corrected chi connectivity index (χ0v) is 13.4. The molecule has 1 nitrogen and oxygen atoms in total. The Morgan fingerprint density at radius 3 is 1.47 bits per heavy atom. The van der Waals surface area contributed by atoms with Crippen LogP contribution in [0.5, 0.6) is 0 Å². The van der Waals surface area contributed by atoms with E-state index in [1.165, 1.54) is 45.2 Å². The lowest BCUT2D eigenvalue weighted by molar-refractivity contribution is 0.0741. The van der Waals surface area contributed by atoms with Gasteiger partial charge < -0.3 is 0 Å². The molecule has 17 heavy (non-hydrogen) atoms. The second-order valence-electron chi connectivity index (χ2n) is 7.24. The molecule has 0 saturated carbocycles. The van der Waals surface area contributed by atoms with Crippen LogP contribution in [0.25, 0.3) is 0 Å². The van der Waals surface area contributed by atoms with Gasteiger partial charge in [-0.05, 0) is 51.6 Å². The van der Waals surface area contributed by atoms with Crippen LogP contribution in [0.4, 0.5) is 0 Å². The Bertz CT molecular complexity index is 180. The van der Waals surface area contributed by atoms with Gasteiger partial charge in [0.05, 0.1) is 0 Å². The fourth-order valence-electron chi connectivity index (χ4n) is 2.82. The first kappa shape index (κ1) is 17.0. The van der Waals surface area contributed by atoms with E-state index < -0.39 is 0 Å². The summed E-state index contributed by atoms with van der Waals surface area (Å²) in [6.07, 6.45) is 6.53. The van der Waals surface area contributed by atoms with E-state index in [1.54, 1.807) is 0 Å². The zero-order valence-electron chi connectivity index (χ0n) is 13.4. The first-order valence-corrected chi connectivity index (χ1v) is 7.48. The summed E-state index contributed by atoms with van der Waals surface area (Å²) < 4.78 is 0. The number of unbranched alkanes of at least 4 members (excludes halogenated alkanes) is 2. The van der Waals surface area contributed by atoms with Gasteiger partial charge >= 0.3 is 0 Å². The third-order valence-corrected chi connectivity index (χ3v) is 3.38. The normalized spacial score (nSPS) is 13.4. The lowest BCUT2D eigenvalue weighted by Gasteiger charge is -2.42. The fraction of sp³-hybridized carbons (Fsp3) is 1.00. The first-order chi connectivity index (χ1) is 7.73. The van der Waals surface area contributed by atoms with E-state index in [1.807, 2.05) is 0 Å². The number of hydrogen-bond acceptors (Lipinski definition) is 1. The summed E-state index contributed by atoms with van der Waals surface area (Å²) >= 11 is 0. The van der Waals surface area contributed by atoms with Gasteiger partial charge in [-0.25, -0.2) is 0 Å². The van der Waals surface area contributed by atoms with Crippen molar-refractivity contribution in [3.8, 4) is 0 Å². The highest BCUT2D eigenvalue weighted by Crippen LogP contribution is 2.31. The Kier molecular flexibility index (Phi) is 7.39. The molecule has 0 amide bonds. The van der Waals surface area contributed by atoms with E-state index in [0.29, 0.717) is 11.0 Å². The largest absolute Gasteiger partial charge is 0.298 e. The second-order valence-corrected chi connectivity index (χ2v) is 7.24. The van der Waals surface area contributed by atoms with Crippen LogP contribution in [0.15, 0.2) is 0 Å². The van der Waals surface area contributed by atoms with E-state index >= 15 is 0 Å². The van der Waals surface area contributed by atoms with Crippen LogP contribution in [0.1, 0.15) is 80.6 Å². The van der Waals surface area contributed by atoms with Crippen molar-refractivity contribution in [1.29, 1.82) is 0 Å². The quantitative estimate of drug-likeness (QED) is 0.571. The van der Waals surface area contributed by atoms with Crippen molar-refractivity contribution in [2.45, 2.75) is 86.1 Å². The molecule has 0 radical (unpaired) electrons. The molecule has 0 rings (SSSR count). The lowest BCUT2D eigenvalue weighted by atomic mass is 9.80. The molecule has 1 heteroatoms. The molecular weight excluding hydrogens is 206 g/mol. The van der Waals surface area contributed by atoms with Crippen molar-refractivity contribution in [3.05, 3.63) is 0 Å². The molecule has 0 heterocycles. The lowest BCUT2D eigenvalue weighted by Crippen LogP contribution is -2.47. The third kappa shape index (κ3) is 7.81. The Hall–Kier alpha value is -0.0400. The Morgan fingerprint density at radius 1 is 0.765 bits per heavy atom. The van der Waals surface area contributed by atoms with Crippen LogP contribution in [-0.4, -0.2) is 23.5 Å². The molecular formula is C16H35N. The summed E-state index contributed by atoms with van der Waals surface area (Å²) in [6, 6.07) is 0. The molecule has 0 bridgehead atoms. The molecule has 104 valence electrons. The summed E-state index contributed by atoms with van der Waals surface area (Å²) in [7, 11) is 0.